The van der Waals surface area contributed by atoms with Crippen LogP contribution >= 0.6 is 0 Å². The second-order valence-electron chi connectivity index (χ2n) is 5.80. The Kier molecular flexibility index (Phi) is 6.51. The van der Waals surface area contributed by atoms with Crippen molar-refractivity contribution in [1.29, 1.82) is 0 Å². The Morgan fingerprint density at radius 1 is 1.25 bits per heavy atom. The molecular formula is C17H28N2O. The molecule has 0 saturated carbocycles. The SMILES string of the molecule is Cc1ccccc1CCCNC(C)CN1CCOCC1. The molecule has 1 aromatic carbocycles. The first-order chi connectivity index (χ1) is 9.75. The maximum Gasteiger partial charge on any atom is 0.0594 e. The lowest BCUT2D eigenvalue weighted by atomic mass is 10.0. The van der Waals surface area contributed by atoms with Crippen molar-refractivity contribution in [2.45, 2.75) is 32.7 Å². The molecule has 0 aromatic heterocycles. The van der Waals surface area contributed by atoms with E-state index in [9.17, 15) is 0 Å². The van der Waals surface area contributed by atoms with Gasteiger partial charge in [-0.2, -0.15) is 0 Å². The minimum absolute atomic E-state index is 0.560. The highest BCUT2D eigenvalue weighted by atomic mass is 16.5. The standard InChI is InChI=1S/C17H28N2O/c1-15-6-3-4-7-17(15)8-5-9-18-16(2)14-19-10-12-20-13-11-19/h3-4,6-7,16,18H,5,8-14H2,1-2H3. The van der Waals surface area contributed by atoms with E-state index in [2.05, 4.69) is 48.3 Å². The quantitative estimate of drug-likeness (QED) is 0.773. The van der Waals surface area contributed by atoms with E-state index in [1.807, 2.05) is 0 Å². The van der Waals surface area contributed by atoms with Gasteiger partial charge in [0.1, 0.15) is 0 Å². The molecule has 1 atom stereocenters. The van der Waals surface area contributed by atoms with Crippen molar-refractivity contribution in [2.75, 3.05) is 39.4 Å². The molecule has 0 radical (unpaired) electrons. The van der Waals surface area contributed by atoms with Gasteiger partial charge in [0.25, 0.3) is 0 Å². The Balaban J connectivity index is 1.59. The summed E-state index contributed by atoms with van der Waals surface area (Å²) in [7, 11) is 0. The third-order valence-electron chi connectivity index (χ3n) is 4.01. The molecule has 1 saturated heterocycles. The Hall–Kier alpha value is -0.900. The van der Waals surface area contributed by atoms with E-state index in [0.717, 1.165) is 39.4 Å². The smallest absolute Gasteiger partial charge is 0.0594 e. The van der Waals surface area contributed by atoms with Gasteiger partial charge in [-0.3, -0.25) is 4.90 Å². The van der Waals surface area contributed by atoms with E-state index >= 15 is 0 Å². The Bertz CT molecular complexity index is 388. The normalized spacial score (nSPS) is 18.1. The van der Waals surface area contributed by atoms with Crippen LogP contribution in [0.25, 0.3) is 0 Å². The Labute approximate surface area is 123 Å². The summed E-state index contributed by atoms with van der Waals surface area (Å²) in [6, 6.07) is 9.25. The number of nitrogens with zero attached hydrogens (tertiary/aromatic N) is 1. The topological polar surface area (TPSA) is 24.5 Å². The van der Waals surface area contributed by atoms with Gasteiger partial charge in [-0.15, -0.1) is 0 Å². The summed E-state index contributed by atoms with van der Waals surface area (Å²) < 4.78 is 5.38. The number of aryl methyl sites for hydroxylation is 2. The second-order valence-corrected chi connectivity index (χ2v) is 5.80. The lowest BCUT2D eigenvalue weighted by molar-refractivity contribution is 0.0344. The lowest BCUT2D eigenvalue weighted by Crippen LogP contribution is -2.44. The summed E-state index contributed by atoms with van der Waals surface area (Å²) in [4.78, 5) is 2.49. The predicted octanol–water partition coefficient (Wildman–Crippen LogP) is 2.24. The van der Waals surface area contributed by atoms with Crippen LogP contribution in [0.3, 0.4) is 0 Å². The molecule has 1 aliphatic heterocycles. The van der Waals surface area contributed by atoms with Gasteiger partial charge in [-0.25, -0.2) is 0 Å². The molecule has 1 heterocycles. The van der Waals surface area contributed by atoms with Crippen LogP contribution in [0.5, 0.6) is 0 Å². The van der Waals surface area contributed by atoms with Gasteiger partial charge >= 0.3 is 0 Å². The van der Waals surface area contributed by atoms with E-state index in [-0.39, 0.29) is 0 Å². The number of benzene rings is 1. The Morgan fingerprint density at radius 2 is 2.00 bits per heavy atom. The number of ether oxygens (including phenoxy) is 1. The van der Waals surface area contributed by atoms with Crippen LogP contribution < -0.4 is 5.32 Å². The van der Waals surface area contributed by atoms with E-state index in [4.69, 9.17) is 4.74 Å². The molecule has 112 valence electrons. The number of rotatable bonds is 7. The third-order valence-corrected chi connectivity index (χ3v) is 4.01. The van der Waals surface area contributed by atoms with E-state index in [1.54, 1.807) is 0 Å². The van der Waals surface area contributed by atoms with Crippen LogP contribution in [0.1, 0.15) is 24.5 Å². The zero-order valence-electron chi connectivity index (χ0n) is 12.9. The average molecular weight is 276 g/mol. The van der Waals surface area contributed by atoms with E-state index in [0.29, 0.717) is 6.04 Å². The van der Waals surface area contributed by atoms with E-state index < -0.39 is 0 Å². The third kappa shape index (κ3) is 5.23. The summed E-state index contributed by atoms with van der Waals surface area (Å²) in [5.41, 5.74) is 2.89. The zero-order valence-corrected chi connectivity index (χ0v) is 12.9. The van der Waals surface area contributed by atoms with Gasteiger partial charge in [-0.05, 0) is 44.4 Å². The van der Waals surface area contributed by atoms with Crippen molar-refractivity contribution >= 4 is 0 Å². The van der Waals surface area contributed by atoms with Crippen molar-refractivity contribution in [1.82, 2.24) is 10.2 Å². The molecule has 0 amide bonds. The van der Waals surface area contributed by atoms with Crippen molar-refractivity contribution in [3.05, 3.63) is 35.4 Å². The van der Waals surface area contributed by atoms with Crippen molar-refractivity contribution in [3.8, 4) is 0 Å². The molecule has 0 bridgehead atoms. The second kappa shape index (κ2) is 8.40. The van der Waals surface area contributed by atoms with Gasteiger partial charge in [-0.1, -0.05) is 24.3 Å². The number of hydrogen-bond donors (Lipinski definition) is 1. The van der Waals surface area contributed by atoms with Gasteiger partial charge in [0.2, 0.25) is 0 Å². The molecule has 1 fully saturated rings. The average Bonchev–Trinajstić information content (AvgIpc) is 2.46. The zero-order chi connectivity index (χ0) is 14.2. The van der Waals surface area contributed by atoms with E-state index in [1.165, 1.54) is 24.0 Å². The molecule has 1 aromatic rings. The number of nitrogens with one attached hydrogen (secondary N) is 1. The molecular weight excluding hydrogens is 248 g/mol. The summed E-state index contributed by atoms with van der Waals surface area (Å²) in [6.07, 6.45) is 2.38. The minimum atomic E-state index is 0.560. The van der Waals surface area contributed by atoms with Crippen LogP contribution in [0.2, 0.25) is 0 Å². The summed E-state index contributed by atoms with van der Waals surface area (Å²) >= 11 is 0. The molecule has 1 N–H and O–H groups in total. The molecule has 1 unspecified atom stereocenters. The molecule has 20 heavy (non-hydrogen) atoms. The maximum absolute atomic E-state index is 5.38. The van der Waals surface area contributed by atoms with Crippen molar-refractivity contribution < 1.29 is 4.74 Å². The largest absolute Gasteiger partial charge is 0.379 e. The molecule has 3 heteroatoms. The fourth-order valence-electron chi connectivity index (χ4n) is 2.75. The fraction of sp³-hybridized carbons (Fsp3) is 0.647. The van der Waals surface area contributed by atoms with Crippen LogP contribution in [0, 0.1) is 6.92 Å². The van der Waals surface area contributed by atoms with Crippen molar-refractivity contribution in [3.63, 3.8) is 0 Å². The molecule has 1 aliphatic rings. The first kappa shape index (κ1) is 15.5. The van der Waals surface area contributed by atoms with Crippen LogP contribution in [0.15, 0.2) is 24.3 Å². The van der Waals surface area contributed by atoms with Crippen LogP contribution in [-0.4, -0.2) is 50.3 Å². The first-order valence-electron chi connectivity index (χ1n) is 7.83. The fourth-order valence-corrected chi connectivity index (χ4v) is 2.75. The summed E-state index contributed by atoms with van der Waals surface area (Å²) in [5.74, 6) is 0. The van der Waals surface area contributed by atoms with Gasteiger partial charge in [0.15, 0.2) is 0 Å². The number of hydrogen-bond acceptors (Lipinski definition) is 3. The molecule has 3 nitrogen and oxygen atoms in total. The predicted molar refractivity (Wildman–Crippen MR) is 84.2 cm³/mol. The molecule has 2 rings (SSSR count). The highest BCUT2D eigenvalue weighted by Gasteiger charge is 2.12. The monoisotopic (exact) mass is 276 g/mol. The summed E-state index contributed by atoms with van der Waals surface area (Å²) in [6.45, 7) is 10.6. The molecule has 0 aliphatic carbocycles. The van der Waals surface area contributed by atoms with Gasteiger partial charge in [0, 0.05) is 25.7 Å². The lowest BCUT2D eigenvalue weighted by Gasteiger charge is -2.29. The van der Waals surface area contributed by atoms with Gasteiger partial charge < -0.3 is 10.1 Å². The maximum atomic E-state index is 5.38. The first-order valence-corrected chi connectivity index (χ1v) is 7.83. The van der Waals surface area contributed by atoms with Gasteiger partial charge in [0.05, 0.1) is 13.2 Å². The van der Waals surface area contributed by atoms with Crippen molar-refractivity contribution in [2.24, 2.45) is 0 Å². The molecule has 0 spiro atoms. The van der Waals surface area contributed by atoms with Crippen LogP contribution in [-0.2, 0) is 11.2 Å². The minimum Gasteiger partial charge on any atom is -0.379 e. The summed E-state index contributed by atoms with van der Waals surface area (Å²) in [5, 5.41) is 3.64. The number of morpholine rings is 1. The highest BCUT2D eigenvalue weighted by molar-refractivity contribution is 5.25. The highest BCUT2D eigenvalue weighted by Crippen LogP contribution is 2.09. The Morgan fingerprint density at radius 3 is 2.75 bits per heavy atom. The van der Waals surface area contributed by atoms with Crippen LogP contribution in [0.4, 0.5) is 0 Å².